The highest BCUT2D eigenvalue weighted by atomic mass is 16.2. The van der Waals surface area contributed by atoms with Crippen LogP contribution in [-0.4, -0.2) is 17.9 Å². The van der Waals surface area contributed by atoms with Crippen LogP contribution >= 0.6 is 0 Å². The summed E-state index contributed by atoms with van der Waals surface area (Å²) in [6.45, 7) is 6.03. The molecule has 0 radical (unpaired) electrons. The van der Waals surface area contributed by atoms with Crippen LogP contribution in [0, 0.1) is 0 Å². The van der Waals surface area contributed by atoms with Gasteiger partial charge in [-0.25, -0.2) is 0 Å². The Morgan fingerprint density at radius 1 is 0.917 bits per heavy atom. The van der Waals surface area contributed by atoms with E-state index in [2.05, 4.69) is 17.6 Å². The van der Waals surface area contributed by atoms with E-state index in [0.29, 0.717) is 11.1 Å². The summed E-state index contributed by atoms with van der Waals surface area (Å²) in [5.41, 5.74) is 3.00. The lowest BCUT2D eigenvalue weighted by atomic mass is 10.1. The normalized spacial score (nSPS) is 11.6. The Hall–Kier alpha value is -2.62. The molecule has 0 aliphatic carbocycles. The molecule has 0 aliphatic rings. The Morgan fingerprint density at radius 3 is 2.08 bits per heavy atom. The molecule has 4 heteroatoms. The predicted octanol–water partition coefficient (Wildman–Crippen LogP) is 4.03. The smallest absolute Gasteiger partial charge is 0.255 e. The molecule has 24 heavy (non-hydrogen) atoms. The summed E-state index contributed by atoms with van der Waals surface area (Å²) in [6.07, 6.45) is 1.73. The number of benzene rings is 2. The van der Waals surface area contributed by atoms with Crippen molar-refractivity contribution in [2.24, 2.45) is 0 Å². The molecule has 0 fully saturated rings. The number of hydrogen-bond acceptors (Lipinski definition) is 2. The number of para-hydroxylation sites is 1. The van der Waals surface area contributed by atoms with Crippen LogP contribution in [0.3, 0.4) is 0 Å². The van der Waals surface area contributed by atoms with E-state index < -0.39 is 0 Å². The van der Waals surface area contributed by atoms with E-state index in [9.17, 15) is 9.59 Å². The van der Waals surface area contributed by atoms with E-state index in [1.54, 1.807) is 24.3 Å². The molecule has 2 amide bonds. The number of amides is 2. The molecule has 1 unspecified atom stereocenters. The van der Waals surface area contributed by atoms with Gasteiger partial charge in [0.05, 0.1) is 0 Å². The second-order valence-corrected chi connectivity index (χ2v) is 5.82. The number of carbonyl (C=O) groups excluding carboxylic acids is 2. The molecule has 2 N–H and O–H groups in total. The van der Waals surface area contributed by atoms with Gasteiger partial charge in [-0.15, -0.1) is 0 Å². The minimum atomic E-state index is -0.176. The lowest BCUT2D eigenvalue weighted by Gasteiger charge is -2.12. The van der Waals surface area contributed by atoms with Crippen molar-refractivity contribution in [3.8, 4) is 0 Å². The van der Waals surface area contributed by atoms with Gasteiger partial charge in [0, 0.05) is 22.9 Å². The summed E-state index contributed by atoms with van der Waals surface area (Å²) >= 11 is 0. The van der Waals surface area contributed by atoms with E-state index >= 15 is 0 Å². The van der Waals surface area contributed by atoms with Gasteiger partial charge >= 0.3 is 0 Å². The van der Waals surface area contributed by atoms with Crippen molar-refractivity contribution < 1.29 is 9.59 Å². The summed E-state index contributed by atoms with van der Waals surface area (Å²) in [4.78, 5) is 24.4. The monoisotopic (exact) mass is 324 g/mol. The second-order valence-electron chi connectivity index (χ2n) is 5.82. The summed E-state index contributed by atoms with van der Waals surface area (Å²) in [5.74, 6) is -0.294. The van der Waals surface area contributed by atoms with Crippen molar-refractivity contribution in [3.63, 3.8) is 0 Å². The van der Waals surface area contributed by atoms with E-state index in [0.717, 1.165) is 24.1 Å². The average molecular weight is 324 g/mol. The van der Waals surface area contributed by atoms with Crippen LogP contribution in [0.25, 0.3) is 0 Å². The van der Waals surface area contributed by atoms with Gasteiger partial charge in [-0.3, -0.25) is 9.59 Å². The molecule has 2 rings (SSSR count). The molecule has 2 aromatic carbocycles. The van der Waals surface area contributed by atoms with Crippen molar-refractivity contribution in [1.82, 2.24) is 5.32 Å². The molecule has 0 saturated carbocycles. The largest absolute Gasteiger partial charge is 0.350 e. The van der Waals surface area contributed by atoms with E-state index in [4.69, 9.17) is 0 Å². The Morgan fingerprint density at radius 2 is 1.50 bits per heavy atom. The second kappa shape index (κ2) is 8.29. The minimum absolute atomic E-state index is 0.118. The third-order valence-electron chi connectivity index (χ3n) is 4.05. The number of hydrogen-bond donors (Lipinski definition) is 2. The first-order valence-electron chi connectivity index (χ1n) is 8.35. The van der Waals surface area contributed by atoms with Gasteiger partial charge in [0.25, 0.3) is 11.8 Å². The molecule has 2 aromatic rings. The molecule has 0 bridgehead atoms. The lowest BCUT2D eigenvalue weighted by Crippen LogP contribution is -2.31. The number of aryl methyl sites for hydroxylation is 1. The quantitative estimate of drug-likeness (QED) is 0.843. The molecular weight excluding hydrogens is 300 g/mol. The molecular formula is C20H24N2O2. The first-order chi connectivity index (χ1) is 11.5. The molecule has 0 aliphatic heterocycles. The molecule has 0 heterocycles. The van der Waals surface area contributed by atoms with Crippen LogP contribution in [0.15, 0.2) is 48.5 Å². The van der Waals surface area contributed by atoms with Crippen LogP contribution in [0.2, 0.25) is 0 Å². The highest BCUT2D eigenvalue weighted by Gasteiger charge is 2.11. The van der Waals surface area contributed by atoms with Crippen molar-refractivity contribution in [3.05, 3.63) is 65.2 Å². The third kappa shape index (κ3) is 4.44. The maximum absolute atomic E-state index is 12.4. The van der Waals surface area contributed by atoms with Gasteiger partial charge < -0.3 is 10.6 Å². The predicted molar refractivity (Wildman–Crippen MR) is 97.4 cm³/mol. The van der Waals surface area contributed by atoms with Crippen LogP contribution in [-0.2, 0) is 6.42 Å². The van der Waals surface area contributed by atoms with Gasteiger partial charge in [0.2, 0.25) is 0 Å². The van der Waals surface area contributed by atoms with Gasteiger partial charge in [-0.2, -0.15) is 0 Å². The number of rotatable bonds is 6. The summed E-state index contributed by atoms with van der Waals surface area (Å²) < 4.78 is 0. The zero-order valence-electron chi connectivity index (χ0n) is 14.4. The van der Waals surface area contributed by atoms with Gasteiger partial charge in [-0.1, -0.05) is 32.0 Å². The molecule has 0 spiro atoms. The first-order valence-corrected chi connectivity index (χ1v) is 8.35. The Balaban J connectivity index is 2.07. The molecule has 1 atom stereocenters. The van der Waals surface area contributed by atoms with Gasteiger partial charge in [0.15, 0.2) is 0 Å². The van der Waals surface area contributed by atoms with E-state index in [-0.39, 0.29) is 17.9 Å². The van der Waals surface area contributed by atoms with Crippen molar-refractivity contribution in [2.75, 3.05) is 5.32 Å². The Labute approximate surface area is 143 Å². The zero-order valence-corrected chi connectivity index (χ0v) is 14.4. The van der Waals surface area contributed by atoms with Crippen molar-refractivity contribution >= 4 is 17.5 Å². The van der Waals surface area contributed by atoms with Crippen LogP contribution in [0.1, 0.15) is 53.5 Å². The van der Waals surface area contributed by atoms with Crippen LogP contribution in [0.4, 0.5) is 5.69 Å². The molecule has 4 nitrogen and oxygen atoms in total. The van der Waals surface area contributed by atoms with Crippen LogP contribution in [0.5, 0.6) is 0 Å². The standard InChI is InChI=1S/C20H24N2O2/c1-4-14(3)21-19(23)16-10-12-17(13-11-16)20(24)22-18-9-7-6-8-15(18)5-2/h6-14H,4-5H2,1-3H3,(H,21,23)(H,22,24). The SMILES string of the molecule is CCc1ccccc1NC(=O)c1ccc(C(=O)NC(C)CC)cc1. The first kappa shape index (κ1) is 17.7. The molecule has 0 saturated heterocycles. The zero-order chi connectivity index (χ0) is 17.5. The highest BCUT2D eigenvalue weighted by Crippen LogP contribution is 2.17. The van der Waals surface area contributed by atoms with Crippen LogP contribution < -0.4 is 10.6 Å². The number of carbonyl (C=O) groups is 2. The Bertz CT molecular complexity index is 708. The van der Waals surface area contributed by atoms with Crippen molar-refractivity contribution in [1.29, 1.82) is 0 Å². The lowest BCUT2D eigenvalue weighted by molar-refractivity contribution is 0.0937. The van der Waals surface area contributed by atoms with E-state index in [1.807, 2.05) is 38.1 Å². The van der Waals surface area contributed by atoms with E-state index in [1.165, 1.54) is 0 Å². The molecule has 126 valence electrons. The maximum Gasteiger partial charge on any atom is 0.255 e. The third-order valence-corrected chi connectivity index (χ3v) is 4.05. The summed E-state index contributed by atoms with van der Waals surface area (Å²) in [6, 6.07) is 14.6. The number of nitrogens with one attached hydrogen (secondary N) is 2. The molecule has 0 aromatic heterocycles. The maximum atomic E-state index is 12.4. The highest BCUT2D eigenvalue weighted by molar-refractivity contribution is 6.05. The summed E-state index contributed by atoms with van der Waals surface area (Å²) in [5, 5.41) is 5.84. The minimum Gasteiger partial charge on any atom is -0.350 e. The summed E-state index contributed by atoms with van der Waals surface area (Å²) in [7, 11) is 0. The fraction of sp³-hybridized carbons (Fsp3) is 0.300. The average Bonchev–Trinajstić information content (AvgIpc) is 2.62. The number of anilines is 1. The Kier molecular flexibility index (Phi) is 6.13. The van der Waals surface area contributed by atoms with Gasteiger partial charge in [0.1, 0.15) is 0 Å². The van der Waals surface area contributed by atoms with Crippen molar-refractivity contribution in [2.45, 2.75) is 39.7 Å². The topological polar surface area (TPSA) is 58.2 Å². The fourth-order valence-corrected chi connectivity index (χ4v) is 2.33. The van der Waals surface area contributed by atoms with Gasteiger partial charge in [-0.05, 0) is 55.7 Å². The fourth-order valence-electron chi connectivity index (χ4n) is 2.33.